The summed E-state index contributed by atoms with van der Waals surface area (Å²) in [4.78, 5) is 11.8. The second-order valence-corrected chi connectivity index (χ2v) is 5.04. The molecule has 1 amide bonds. The highest BCUT2D eigenvalue weighted by Crippen LogP contribution is 2.25. The summed E-state index contributed by atoms with van der Waals surface area (Å²) in [6, 6.07) is 15.1. The van der Waals surface area contributed by atoms with Gasteiger partial charge in [-0.2, -0.15) is 5.10 Å². The molecule has 0 aromatic heterocycles. The molecule has 120 valence electrons. The van der Waals surface area contributed by atoms with Crippen LogP contribution in [-0.4, -0.2) is 25.3 Å². The van der Waals surface area contributed by atoms with E-state index in [0.717, 1.165) is 11.3 Å². The van der Waals surface area contributed by atoms with Crippen molar-refractivity contribution in [3.63, 3.8) is 0 Å². The van der Waals surface area contributed by atoms with Crippen molar-refractivity contribution in [1.29, 1.82) is 0 Å². The Morgan fingerprint density at radius 3 is 2.39 bits per heavy atom. The van der Waals surface area contributed by atoms with E-state index >= 15 is 0 Å². The summed E-state index contributed by atoms with van der Waals surface area (Å²) in [6.07, 6.45) is 0. The zero-order valence-electron chi connectivity index (χ0n) is 13.5. The van der Waals surface area contributed by atoms with Gasteiger partial charge in [0, 0.05) is 0 Å². The SMILES string of the molecule is COc1ccccc1OCC(=O)N/N=C(\C)c1ccc(C)cc1. The fourth-order valence-corrected chi connectivity index (χ4v) is 1.92. The number of nitrogens with zero attached hydrogens (tertiary/aromatic N) is 1. The normalized spacial score (nSPS) is 11.0. The lowest BCUT2D eigenvalue weighted by atomic mass is 10.1. The minimum atomic E-state index is -0.331. The lowest BCUT2D eigenvalue weighted by molar-refractivity contribution is -0.123. The van der Waals surface area contributed by atoms with Crippen LogP contribution in [0.4, 0.5) is 0 Å². The van der Waals surface area contributed by atoms with Gasteiger partial charge in [0.2, 0.25) is 0 Å². The monoisotopic (exact) mass is 312 g/mol. The molecular formula is C18H20N2O3. The summed E-state index contributed by atoms with van der Waals surface area (Å²) in [5, 5.41) is 4.08. The maximum absolute atomic E-state index is 11.8. The smallest absolute Gasteiger partial charge is 0.277 e. The Bertz CT molecular complexity index is 694. The molecule has 2 rings (SSSR count). The van der Waals surface area contributed by atoms with E-state index < -0.39 is 0 Å². The Morgan fingerprint density at radius 1 is 1.09 bits per heavy atom. The molecule has 0 spiro atoms. The standard InChI is InChI=1S/C18H20N2O3/c1-13-8-10-15(11-9-13)14(2)19-20-18(21)12-23-17-7-5-4-6-16(17)22-3/h4-11H,12H2,1-3H3,(H,20,21)/b19-14+. The van der Waals surface area contributed by atoms with Crippen LogP contribution in [0.25, 0.3) is 0 Å². The number of hydrogen-bond donors (Lipinski definition) is 1. The highest BCUT2D eigenvalue weighted by Gasteiger charge is 2.06. The molecule has 0 aliphatic rings. The number of aryl methyl sites for hydroxylation is 1. The third-order valence-electron chi connectivity index (χ3n) is 3.25. The Hall–Kier alpha value is -2.82. The number of rotatable bonds is 6. The van der Waals surface area contributed by atoms with Gasteiger partial charge in [0.1, 0.15) is 0 Å². The van der Waals surface area contributed by atoms with Crippen molar-refractivity contribution in [2.24, 2.45) is 5.10 Å². The quantitative estimate of drug-likeness (QED) is 0.659. The van der Waals surface area contributed by atoms with Crippen LogP contribution in [0.2, 0.25) is 0 Å². The van der Waals surface area contributed by atoms with Crippen LogP contribution in [0.1, 0.15) is 18.1 Å². The van der Waals surface area contributed by atoms with Gasteiger partial charge in [-0.05, 0) is 31.5 Å². The van der Waals surface area contributed by atoms with Gasteiger partial charge in [0.15, 0.2) is 18.1 Å². The summed E-state index contributed by atoms with van der Waals surface area (Å²) in [6.45, 7) is 3.73. The van der Waals surface area contributed by atoms with Gasteiger partial charge < -0.3 is 9.47 Å². The van der Waals surface area contributed by atoms with Crippen molar-refractivity contribution in [1.82, 2.24) is 5.43 Å². The molecule has 1 N–H and O–H groups in total. The van der Waals surface area contributed by atoms with Crippen molar-refractivity contribution in [3.05, 3.63) is 59.7 Å². The van der Waals surface area contributed by atoms with Crippen molar-refractivity contribution in [2.75, 3.05) is 13.7 Å². The molecule has 0 unspecified atom stereocenters. The van der Waals surface area contributed by atoms with E-state index in [4.69, 9.17) is 9.47 Å². The fourth-order valence-electron chi connectivity index (χ4n) is 1.92. The number of carbonyl (C=O) groups is 1. The largest absolute Gasteiger partial charge is 0.493 e. The van der Waals surface area contributed by atoms with Crippen molar-refractivity contribution < 1.29 is 14.3 Å². The first-order chi connectivity index (χ1) is 11.1. The van der Waals surface area contributed by atoms with E-state index in [-0.39, 0.29) is 12.5 Å². The van der Waals surface area contributed by atoms with Gasteiger partial charge in [0.25, 0.3) is 5.91 Å². The molecule has 0 atom stereocenters. The lowest BCUT2D eigenvalue weighted by Crippen LogP contribution is -2.25. The van der Waals surface area contributed by atoms with E-state index in [0.29, 0.717) is 11.5 Å². The number of hydrazone groups is 1. The van der Waals surface area contributed by atoms with Gasteiger partial charge in [0.05, 0.1) is 12.8 Å². The van der Waals surface area contributed by atoms with Gasteiger partial charge >= 0.3 is 0 Å². The highest BCUT2D eigenvalue weighted by atomic mass is 16.5. The average molecular weight is 312 g/mol. The molecule has 5 heteroatoms. The third kappa shape index (κ3) is 4.85. The first-order valence-corrected chi connectivity index (χ1v) is 7.26. The van der Waals surface area contributed by atoms with Crippen LogP contribution < -0.4 is 14.9 Å². The molecular weight excluding hydrogens is 292 g/mol. The average Bonchev–Trinajstić information content (AvgIpc) is 2.58. The molecule has 2 aromatic rings. The van der Waals surface area contributed by atoms with Crippen LogP contribution >= 0.6 is 0 Å². The molecule has 0 aliphatic heterocycles. The number of amides is 1. The van der Waals surface area contributed by atoms with Gasteiger partial charge in [-0.25, -0.2) is 5.43 Å². The molecule has 5 nitrogen and oxygen atoms in total. The summed E-state index contributed by atoms with van der Waals surface area (Å²) in [5.41, 5.74) is 5.35. The minimum absolute atomic E-state index is 0.134. The van der Waals surface area contributed by atoms with Crippen LogP contribution in [0.15, 0.2) is 53.6 Å². The van der Waals surface area contributed by atoms with E-state index in [1.165, 1.54) is 5.56 Å². The third-order valence-corrected chi connectivity index (χ3v) is 3.25. The Morgan fingerprint density at radius 2 is 1.74 bits per heavy atom. The molecule has 0 saturated heterocycles. The van der Waals surface area contributed by atoms with Gasteiger partial charge in [-0.3, -0.25) is 4.79 Å². The maximum Gasteiger partial charge on any atom is 0.277 e. The van der Waals surface area contributed by atoms with Crippen LogP contribution in [-0.2, 0) is 4.79 Å². The van der Waals surface area contributed by atoms with Crippen molar-refractivity contribution in [3.8, 4) is 11.5 Å². The molecule has 0 fully saturated rings. The number of ether oxygens (including phenoxy) is 2. The molecule has 23 heavy (non-hydrogen) atoms. The maximum atomic E-state index is 11.8. The summed E-state index contributed by atoms with van der Waals surface area (Å²) < 4.78 is 10.6. The van der Waals surface area contributed by atoms with E-state index in [1.807, 2.05) is 50.2 Å². The number of methoxy groups -OCH3 is 1. The Balaban J connectivity index is 1.89. The van der Waals surface area contributed by atoms with Gasteiger partial charge in [-0.15, -0.1) is 0 Å². The number of hydrogen-bond acceptors (Lipinski definition) is 4. The van der Waals surface area contributed by atoms with E-state index in [2.05, 4.69) is 10.5 Å². The van der Waals surface area contributed by atoms with Gasteiger partial charge in [-0.1, -0.05) is 42.0 Å². The second kappa shape index (κ2) is 7.98. The molecule has 0 heterocycles. The highest BCUT2D eigenvalue weighted by molar-refractivity contribution is 5.99. The van der Waals surface area contributed by atoms with Crippen LogP contribution in [0, 0.1) is 6.92 Å². The predicted molar refractivity (Wildman–Crippen MR) is 90.0 cm³/mol. The molecule has 0 saturated carbocycles. The number of benzene rings is 2. The van der Waals surface area contributed by atoms with Crippen molar-refractivity contribution >= 4 is 11.6 Å². The molecule has 2 aromatic carbocycles. The summed E-state index contributed by atoms with van der Waals surface area (Å²) >= 11 is 0. The first-order valence-electron chi connectivity index (χ1n) is 7.26. The first kappa shape index (κ1) is 16.5. The summed E-state index contributed by atoms with van der Waals surface area (Å²) in [5.74, 6) is 0.770. The fraction of sp³-hybridized carbons (Fsp3) is 0.222. The molecule has 0 aliphatic carbocycles. The zero-order chi connectivity index (χ0) is 16.7. The number of carbonyl (C=O) groups excluding carboxylic acids is 1. The van der Waals surface area contributed by atoms with E-state index in [1.54, 1.807) is 19.2 Å². The number of para-hydroxylation sites is 2. The Kier molecular flexibility index (Phi) is 5.74. The van der Waals surface area contributed by atoms with Crippen LogP contribution in [0.3, 0.4) is 0 Å². The topological polar surface area (TPSA) is 59.9 Å². The molecule has 0 bridgehead atoms. The summed E-state index contributed by atoms with van der Waals surface area (Å²) in [7, 11) is 1.55. The predicted octanol–water partition coefficient (Wildman–Crippen LogP) is 2.92. The number of nitrogens with one attached hydrogen (secondary N) is 1. The second-order valence-electron chi connectivity index (χ2n) is 5.04. The lowest BCUT2D eigenvalue weighted by Gasteiger charge is -2.09. The van der Waals surface area contributed by atoms with Crippen LogP contribution in [0.5, 0.6) is 11.5 Å². The zero-order valence-corrected chi connectivity index (χ0v) is 13.5. The molecule has 0 radical (unpaired) electrons. The minimum Gasteiger partial charge on any atom is -0.493 e. The van der Waals surface area contributed by atoms with E-state index in [9.17, 15) is 4.79 Å². The van der Waals surface area contributed by atoms with Crippen molar-refractivity contribution in [2.45, 2.75) is 13.8 Å². The Labute approximate surface area is 135 Å².